The first-order valence-corrected chi connectivity index (χ1v) is 12.4. The van der Waals surface area contributed by atoms with Gasteiger partial charge in [-0.05, 0) is 25.5 Å². The number of hydrogen-bond donors (Lipinski definition) is 2. The third-order valence-corrected chi connectivity index (χ3v) is 6.32. The van der Waals surface area contributed by atoms with Gasteiger partial charge < -0.3 is 25.1 Å². The molecule has 0 radical (unpaired) electrons. The lowest BCUT2D eigenvalue weighted by Crippen LogP contribution is -2.51. The van der Waals surface area contributed by atoms with Gasteiger partial charge in [0.1, 0.15) is 12.6 Å². The maximum absolute atomic E-state index is 12.7. The molecule has 0 aliphatic carbocycles. The van der Waals surface area contributed by atoms with E-state index in [0.29, 0.717) is 36.4 Å². The summed E-state index contributed by atoms with van der Waals surface area (Å²) in [5, 5.41) is 12.1. The molecule has 3 N–H and O–H groups in total. The number of carbonyl (C=O) groups excluding carboxylic acids is 2. The van der Waals surface area contributed by atoms with Crippen LogP contribution in [0.25, 0.3) is 0 Å². The van der Waals surface area contributed by atoms with E-state index >= 15 is 0 Å². The molecule has 0 unspecified atom stereocenters. The highest BCUT2D eigenvalue weighted by atomic mass is 35.5. The number of nitrogens with two attached hydrogens (primary N) is 1. The molecule has 0 saturated carbocycles. The van der Waals surface area contributed by atoms with E-state index < -0.39 is 17.7 Å². The molecule has 1 aromatic heterocycles. The van der Waals surface area contributed by atoms with E-state index in [1.54, 1.807) is 24.8 Å². The fraction of sp³-hybridized carbons (Fsp3) is 0.407. The van der Waals surface area contributed by atoms with Crippen LogP contribution in [-0.4, -0.2) is 50.4 Å². The summed E-state index contributed by atoms with van der Waals surface area (Å²) in [6, 6.07) is 16.4. The highest BCUT2D eigenvalue weighted by Gasteiger charge is 2.31. The molecular formula is C27H35ClN6O4. The minimum absolute atomic E-state index is 0. The van der Waals surface area contributed by atoms with Crippen LogP contribution in [0.4, 0.5) is 4.79 Å². The summed E-state index contributed by atoms with van der Waals surface area (Å²) in [6.45, 7) is 4.97. The van der Waals surface area contributed by atoms with E-state index in [4.69, 9.17) is 26.8 Å². The first-order valence-electron chi connectivity index (χ1n) is 12.0. The Kier molecular flexibility index (Phi) is 9.84. The van der Waals surface area contributed by atoms with Crippen LogP contribution in [0.2, 0.25) is 5.02 Å². The fourth-order valence-corrected chi connectivity index (χ4v) is 4.02. The monoisotopic (exact) mass is 542 g/mol. The lowest BCUT2D eigenvalue weighted by atomic mass is 10.1. The average molecular weight is 543 g/mol. The molecule has 0 spiro atoms. The fourth-order valence-electron chi connectivity index (χ4n) is 3.83. The SMILES string of the molecule is C.CC(C)(N)C(=O)N[C@H](COCc1ccccc1)c1nnc2n1CCN(C(=O)OCc1ccccc1Cl)C2. The predicted molar refractivity (Wildman–Crippen MR) is 144 cm³/mol. The molecule has 2 aromatic carbocycles. The number of carbonyl (C=O) groups is 2. The maximum Gasteiger partial charge on any atom is 0.410 e. The summed E-state index contributed by atoms with van der Waals surface area (Å²) in [4.78, 5) is 26.9. The van der Waals surface area contributed by atoms with Gasteiger partial charge in [-0.1, -0.05) is 67.6 Å². The van der Waals surface area contributed by atoms with Gasteiger partial charge in [0, 0.05) is 23.7 Å². The van der Waals surface area contributed by atoms with E-state index in [0.717, 1.165) is 11.1 Å². The largest absolute Gasteiger partial charge is 0.444 e. The zero-order valence-electron chi connectivity index (χ0n) is 20.9. The molecule has 0 bridgehead atoms. The Morgan fingerprint density at radius 2 is 1.79 bits per heavy atom. The molecule has 2 heterocycles. The average Bonchev–Trinajstić information content (AvgIpc) is 3.30. The lowest BCUT2D eigenvalue weighted by Gasteiger charge is -2.29. The number of benzene rings is 2. The van der Waals surface area contributed by atoms with Crippen LogP contribution >= 0.6 is 11.6 Å². The highest BCUT2D eigenvalue weighted by Crippen LogP contribution is 2.21. The van der Waals surface area contributed by atoms with Gasteiger partial charge in [-0.25, -0.2) is 4.79 Å². The van der Waals surface area contributed by atoms with Gasteiger partial charge in [-0.3, -0.25) is 9.69 Å². The van der Waals surface area contributed by atoms with Crippen molar-refractivity contribution in [3.8, 4) is 0 Å². The Bertz CT molecular complexity index is 1230. The second-order valence-electron chi connectivity index (χ2n) is 9.44. The van der Waals surface area contributed by atoms with Crippen molar-refractivity contribution in [2.75, 3.05) is 13.2 Å². The minimum Gasteiger partial charge on any atom is -0.444 e. The van der Waals surface area contributed by atoms with E-state index in [1.165, 1.54) is 0 Å². The molecule has 1 aliphatic heterocycles. The zero-order valence-corrected chi connectivity index (χ0v) is 21.6. The molecule has 38 heavy (non-hydrogen) atoms. The van der Waals surface area contributed by atoms with Crippen LogP contribution in [0.3, 0.4) is 0 Å². The normalized spacial score (nSPS) is 13.7. The molecule has 10 nitrogen and oxygen atoms in total. The first-order chi connectivity index (χ1) is 17.7. The third-order valence-electron chi connectivity index (χ3n) is 5.95. The Morgan fingerprint density at radius 1 is 1.08 bits per heavy atom. The number of nitrogens with one attached hydrogen (secondary N) is 1. The van der Waals surface area contributed by atoms with Gasteiger partial charge in [-0.15, -0.1) is 10.2 Å². The van der Waals surface area contributed by atoms with Crippen molar-refractivity contribution >= 4 is 23.6 Å². The zero-order chi connectivity index (χ0) is 26.4. The molecule has 3 aromatic rings. The van der Waals surface area contributed by atoms with Crippen LogP contribution < -0.4 is 11.1 Å². The Morgan fingerprint density at radius 3 is 2.50 bits per heavy atom. The number of aromatic nitrogens is 3. The number of ether oxygens (including phenoxy) is 2. The molecule has 0 saturated heterocycles. The first kappa shape index (κ1) is 29.1. The maximum atomic E-state index is 12.7. The van der Waals surface area contributed by atoms with Crippen LogP contribution in [0, 0.1) is 0 Å². The number of halogens is 1. The van der Waals surface area contributed by atoms with Crippen LogP contribution in [0.1, 0.15) is 50.1 Å². The van der Waals surface area contributed by atoms with E-state index in [2.05, 4.69) is 15.5 Å². The molecule has 1 aliphatic rings. The van der Waals surface area contributed by atoms with E-state index in [-0.39, 0.29) is 33.1 Å². The molecule has 204 valence electrons. The Balaban J connectivity index is 0.00000400. The predicted octanol–water partition coefficient (Wildman–Crippen LogP) is 3.83. The van der Waals surface area contributed by atoms with Gasteiger partial charge in [-0.2, -0.15) is 0 Å². The molecule has 2 amide bonds. The van der Waals surface area contributed by atoms with Crippen molar-refractivity contribution in [1.29, 1.82) is 0 Å². The third kappa shape index (κ3) is 7.31. The van der Waals surface area contributed by atoms with Gasteiger partial charge >= 0.3 is 6.09 Å². The summed E-state index contributed by atoms with van der Waals surface area (Å²) in [5.41, 5.74) is 6.68. The minimum atomic E-state index is -1.08. The summed E-state index contributed by atoms with van der Waals surface area (Å²) < 4.78 is 13.3. The quantitative estimate of drug-likeness (QED) is 0.421. The lowest BCUT2D eigenvalue weighted by molar-refractivity contribution is -0.126. The molecule has 1 atom stereocenters. The molecule has 11 heteroatoms. The Hall–Kier alpha value is -3.47. The number of rotatable bonds is 9. The van der Waals surface area contributed by atoms with Crippen molar-refractivity contribution in [2.45, 2.75) is 59.2 Å². The van der Waals surface area contributed by atoms with Crippen LogP contribution in [-0.2, 0) is 40.6 Å². The standard InChI is InChI=1S/C26H31ClN6O4.CH4/c1-26(2,28)24(34)29-21(17-36-15-18-8-4-3-5-9-18)23-31-30-22-14-32(12-13-33(22)23)25(35)37-16-19-10-6-7-11-20(19)27;/h3-11,21H,12-17,28H2,1-2H3,(H,29,34);1H4/t21-;/m1./s1. The number of fused-ring (bicyclic) bond motifs is 1. The van der Waals surface area contributed by atoms with Gasteiger partial charge in [0.15, 0.2) is 11.6 Å². The molecule has 4 rings (SSSR count). The van der Waals surface area contributed by atoms with Gasteiger partial charge in [0.05, 0.1) is 25.3 Å². The highest BCUT2D eigenvalue weighted by molar-refractivity contribution is 6.31. The Labute approximate surface area is 228 Å². The second kappa shape index (κ2) is 12.9. The smallest absolute Gasteiger partial charge is 0.410 e. The summed E-state index contributed by atoms with van der Waals surface area (Å²) >= 11 is 6.15. The number of nitrogens with zero attached hydrogens (tertiary/aromatic N) is 4. The summed E-state index contributed by atoms with van der Waals surface area (Å²) in [6.07, 6.45) is -0.461. The van der Waals surface area contributed by atoms with Crippen molar-refractivity contribution < 1.29 is 19.1 Å². The number of hydrogen-bond acceptors (Lipinski definition) is 7. The number of amides is 2. The van der Waals surface area contributed by atoms with Crippen molar-refractivity contribution in [3.63, 3.8) is 0 Å². The van der Waals surface area contributed by atoms with E-state index in [9.17, 15) is 9.59 Å². The van der Waals surface area contributed by atoms with Crippen LogP contribution in [0.5, 0.6) is 0 Å². The van der Waals surface area contributed by atoms with Crippen molar-refractivity contribution in [2.24, 2.45) is 5.73 Å². The van der Waals surface area contributed by atoms with Gasteiger partial charge in [0.2, 0.25) is 5.91 Å². The molecule has 0 fully saturated rings. The second-order valence-corrected chi connectivity index (χ2v) is 9.85. The van der Waals surface area contributed by atoms with Crippen molar-refractivity contribution in [3.05, 3.63) is 82.4 Å². The van der Waals surface area contributed by atoms with Gasteiger partial charge in [0.25, 0.3) is 0 Å². The topological polar surface area (TPSA) is 125 Å². The van der Waals surface area contributed by atoms with Crippen LogP contribution in [0.15, 0.2) is 54.6 Å². The molecular weight excluding hydrogens is 508 g/mol. The van der Waals surface area contributed by atoms with Crippen molar-refractivity contribution in [1.82, 2.24) is 25.0 Å². The summed E-state index contributed by atoms with van der Waals surface area (Å²) in [7, 11) is 0. The van der Waals surface area contributed by atoms with E-state index in [1.807, 2.05) is 53.1 Å². The summed E-state index contributed by atoms with van der Waals surface area (Å²) in [5.74, 6) is 0.800.